The van der Waals surface area contributed by atoms with E-state index in [1.807, 2.05) is 24.3 Å². The number of nitrogen functional groups attached to an aromatic ring is 1. The van der Waals surface area contributed by atoms with Gasteiger partial charge in [-0.25, -0.2) is 0 Å². The van der Waals surface area contributed by atoms with Crippen molar-refractivity contribution in [1.29, 1.82) is 0 Å². The molecule has 0 atom stereocenters. The van der Waals surface area contributed by atoms with Crippen molar-refractivity contribution in [1.82, 2.24) is 0 Å². The lowest BCUT2D eigenvalue weighted by Crippen LogP contribution is -2.09. The smallest absolute Gasteiger partial charge is 0.193 e. The zero-order chi connectivity index (χ0) is 15.0. The SMILES string of the molecule is Nc1c(Cl)cc(C(=O)c2ccc(C3CCC3)cc2)cc1Cl. The highest BCUT2D eigenvalue weighted by molar-refractivity contribution is 6.39. The minimum atomic E-state index is -0.0982. The maximum atomic E-state index is 12.5. The van der Waals surface area contributed by atoms with Crippen LogP contribution in [-0.4, -0.2) is 5.78 Å². The van der Waals surface area contributed by atoms with Crippen molar-refractivity contribution < 1.29 is 4.79 Å². The van der Waals surface area contributed by atoms with Crippen molar-refractivity contribution >= 4 is 34.7 Å². The number of hydrogen-bond acceptors (Lipinski definition) is 2. The van der Waals surface area contributed by atoms with Gasteiger partial charge in [0.25, 0.3) is 0 Å². The third-order valence-corrected chi connectivity index (χ3v) is 4.72. The molecule has 1 aliphatic rings. The normalized spacial score (nSPS) is 14.8. The Labute approximate surface area is 133 Å². The molecule has 0 saturated heterocycles. The van der Waals surface area contributed by atoms with Gasteiger partial charge in [-0.05, 0) is 36.5 Å². The number of halogens is 2. The molecule has 2 aromatic rings. The molecular formula is C17H15Cl2NO. The fourth-order valence-electron chi connectivity index (χ4n) is 2.53. The Morgan fingerprint density at radius 3 is 2.05 bits per heavy atom. The van der Waals surface area contributed by atoms with Crippen molar-refractivity contribution in [2.75, 3.05) is 5.73 Å². The van der Waals surface area contributed by atoms with E-state index in [2.05, 4.69) is 0 Å². The molecule has 2 nitrogen and oxygen atoms in total. The van der Waals surface area contributed by atoms with E-state index in [4.69, 9.17) is 28.9 Å². The van der Waals surface area contributed by atoms with Crippen LogP contribution in [0.4, 0.5) is 5.69 Å². The third kappa shape index (κ3) is 2.78. The molecule has 0 heterocycles. The quantitative estimate of drug-likeness (QED) is 0.633. The van der Waals surface area contributed by atoms with Gasteiger partial charge in [-0.1, -0.05) is 53.9 Å². The number of carbonyl (C=O) groups excluding carboxylic acids is 1. The molecule has 1 aliphatic carbocycles. The summed E-state index contributed by atoms with van der Waals surface area (Å²) in [4.78, 5) is 12.5. The van der Waals surface area contributed by atoms with Gasteiger partial charge in [-0.2, -0.15) is 0 Å². The van der Waals surface area contributed by atoms with Crippen LogP contribution in [0.5, 0.6) is 0 Å². The van der Waals surface area contributed by atoms with E-state index >= 15 is 0 Å². The number of nitrogens with two attached hydrogens (primary N) is 1. The molecule has 2 N–H and O–H groups in total. The van der Waals surface area contributed by atoms with Gasteiger partial charge in [0.05, 0.1) is 15.7 Å². The van der Waals surface area contributed by atoms with E-state index in [0.717, 1.165) is 0 Å². The molecule has 0 unspecified atom stereocenters. The first-order chi connectivity index (χ1) is 10.1. The van der Waals surface area contributed by atoms with Crippen LogP contribution in [0.3, 0.4) is 0 Å². The Kier molecular flexibility index (Phi) is 3.92. The number of ketones is 1. The summed E-state index contributed by atoms with van der Waals surface area (Å²) >= 11 is 12.0. The van der Waals surface area contributed by atoms with Crippen molar-refractivity contribution in [2.24, 2.45) is 0 Å². The average Bonchev–Trinajstić information content (AvgIpc) is 2.42. The Balaban J connectivity index is 1.87. The van der Waals surface area contributed by atoms with Gasteiger partial charge in [0, 0.05) is 11.1 Å². The minimum absolute atomic E-state index is 0.0982. The predicted octanol–water partition coefficient (Wildman–Crippen LogP) is 5.07. The lowest BCUT2D eigenvalue weighted by Gasteiger charge is -2.25. The third-order valence-electron chi connectivity index (χ3n) is 4.09. The summed E-state index contributed by atoms with van der Waals surface area (Å²) in [5.41, 5.74) is 8.39. The second-order valence-electron chi connectivity index (χ2n) is 5.43. The predicted molar refractivity (Wildman–Crippen MR) is 87.3 cm³/mol. The van der Waals surface area contributed by atoms with Gasteiger partial charge in [-0.15, -0.1) is 0 Å². The van der Waals surface area contributed by atoms with Gasteiger partial charge in [0.1, 0.15) is 0 Å². The van der Waals surface area contributed by atoms with E-state index in [1.54, 1.807) is 12.1 Å². The molecule has 0 aromatic heterocycles. The van der Waals surface area contributed by atoms with Gasteiger partial charge in [-0.3, -0.25) is 4.79 Å². The van der Waals surface area contributed by atoms with Crippen molar-refractivity contribution in [3.8, 4) is 0 Å². The molecule has 0 spiro atoms. The van der Waals surface area contributed by atoms with Crippen molar-refractivity contribution in [3.05, 3.63) is 63.1 Å². The summed E-state index contributed by atoms with van der Waals surface area (Å²) in [5, 5.41) is 0.605. The van der Waals surface area contributed by atoms with Crippen LogP contribution in [0.2, 0.25) is 10.0 Å². The first kappa shape index (κ1) is 14.4. The van der Waals surface area contributed by atoms with Gasteiger partial charge < -0.3 is 5.73 Å². The lowest BCUT2D eigenvalue weighted by molar-refractivity contribution is 0.103. The van der Waals surface area contributed by atoms with Gasteiger partial charge >= 0.3 is 0 Å². The number of anilines is 1. The highest BCUT2D eigenvalue weighted by atomic mass is 35.5. The first-order valence-corrected chi connectivity index (χ1v) is 7.71. The van der Waals surface area contributed by atoms with Crippen molar-refractivity contribution in [2.45, 2.75) is 25.2 Å². The Hall–Kier alpha value is -1.51. The second kappa shape index (κ2) is 5.70. The maximum absolute atomic E-state index is 12.5. The Morgan fingerprint density at radius 1 is 1.00 bits per heavy atom. The Morgan fingerprint density at radius 2 is 1.57 bits per heavy atom. The minimum Gasteiger partial charge on any atom is -0.396 e. The highest BCUT2D eigenvalue weighted by Gasteiger charge is 2.20. The zero-order valence-electron chi connectivity index (χ0n) is 11.4. The lowest BCUT2D eigenvalue weighted by atomic mass is 9.80. The summed E-state index contributed by atoms with van der Waals surface area (Å²) in [6, 6.07) is 10.9. The number of benzene rings is 2. The van der Waals surface area contributed by atoms with Crippen LogP contribution in [0, 0.1) is 0 Å². The molecule has 0 aliphatic heterocycles. The molecule has 0 radical (unpaired) electrons. The van der Waals surface area contributed by atoms with Crippen LogP contribution >= 0.6 is 23.2 Å². The van der Waals surface area contributed by atoms with Gasteiger partial charge in [0.2, 0.25) is 0 Å². The van der Waals surface area contributed by atoms with Crippen LogP contribution in [0.15, 0.2) is 36.4 Å². The fourth-order valence-corrected chi connectivity index (χ4v) is 3.02. The highest BCUT2D eigenvalue weighted by Crippen LogP contribution is 2.36. The topological polar surface area (TPSA) is 43.1 Å². The van der Waals surface area contributed by atoms with Crippen LogP contribution in [-0.2, 0) is 0 Å². The van der Waals surface area contributed by atoms with E-state index in [-0.39, 0.29) is 5.78 Å². The summed E-state index contributed by atoms with van der Waals surface area (Å²) in [5.74, 6) is 0.563. The number of carbonyl (C=O) groups is 1. The monoisotopic (exact) mass is 319 g/mol. The van der Waals surface area contributed by atoms with E-state index < -0.39 is 0 Å². The molecule has 1 saturated carbocycles. The van der Waals surface area contributed by atoms with E-state index in [0.29, 0.717) is 32.8 Å². The fraction of sp³-hybridized carbons (Fsp3) is 0.235. The molecule has 2 aromatic carbocycles. The maximum Gasteiger partial charge on any atom is 0.193 e. The van der Waals surface area contributed by atoms with Crippen molar-refractivity contribution in [3.63, 3.8) is 0 Å². The number of hydrogen-bond donors (Lipinski definition) is 1. The molecule has 0 bridgehead atoms. The summed E-state index contributed by atoms with van der Waals surface area (Å²) < 4.78 is 0. The standard InChI is InChI=1S/C17H15Cl2NO/c18-14-8-13(9-15(19)16(14)20)17(21)12-6-4-11(5-7-12)10-2-1-3-10/h4-10H,1-3,20H2. The molecule has 1 fully saturated rings. The summed E-state index contributed by atoms with van der Waals surface area (Å²) in [6.07, 6.45) is 3.79. The largest absolute Gasteiger partial charge is 0.396 e. The second-order valence-corrected chi connectivity index (χ2v) is 6.25. The average molecular weight is 320 g/mol. The van der Waals surface area contributed by atoms with Crippen LogP contribution in [0.1, 0.15) is 46.7 Å². The Bertz CT molecular complexity index is 667. The first-order valence-electron chi connectivity index (χ1n) is 6.95. The molecule has 108 valence electrons. The van der Waals surface area contributed by atoms with E-state index in [9.17, 15) is 4.79 Å². The summed E-state index contributed by atoms with van der Waals surface area (Å²) in [6.45, 7) is 0. The molecule has 4 heteroatoms. The van der Waals surface area contributed by atoms with Gasteiger partial charge in [0.15, 0.2) is 5.78 Å². The zero-order valence-corrected chi connectivity index (χ0v) is 12.9. The summed E-state index contributed by atoms with van der Waals surface area (Å²) in [7, 11) is 0. The molecule has 3 rings (SSSR count). The van der Waals surface area contributed by atoms with Crippen LogP contribution < -0.4 is 5.73 Å². The number of rotatable bonds is 3. The molecular weight excluding hydrogens is 305 g/mol. The molecule has 21 heavy (non-hydrogen) atoms. The van der Waals surface area contributed by atoms with Crippen LogP contribution in [0.25, 0.3) is 0 Å². The molecule has 0 amide bonds. The van der Waals surface area contributed by atoms with E-state index in [1.165, 1.54) is 24.8 Å².